The molecule has 0 saturated carbocycles. The third-order valence-corrected chi connectivity index (χ3v) is 1.74. The second kappa shape index (κ2) is 4.04. The molecule has 1 atom stereocenters. The SMILES string of the molecule is CCOC(=O)C1NCCC1=C=O. The highest BCUT2D eigenvalue weighted by Crippen LogP contribution is 2.11. The van der Waals surface area contributed by atoms with Gasteiger partial charge in [0.05, 0.1) is 6.61 Å². The van der Waals surface area contributed by atoms with E-state index in [9.17, 15) is 9.59 Å². The van der Waals surface area contributed by atoms with Gasteiger partial charge in [-0.05, 0) is 13.3 Å². The Bertz CT molecular complexity index is 230. The highest BCUT2D eigenvalue weighted by atomic mass is 16.5. The fraction of sp³-hybridized carbons (Fsp3) is 0.625. The van der Waals surface area contributed by atoms with Gasteiger partial charge in [-0.25, -0.2) is 9.59 Å². The zero-order valence-corrected chi connectivity index (χ0v) is 6.92. The number of ether oxygens (including phenoxy) is 1. The Morgan fingerprint density at radius 2 is 2.58 bits per heavy atom. The van der Waals surface area contributed by atoms with Crippen LogP contribution < -0.4 is 5.32 Å². The monoisotopic (exact) mass is 169 g/mol. The molecule has 1 N–H and O–H groups in total. The van der Waals surface area contributed by atoms with Crippen LogP contribution in [0.3, 0.4) is 0 Å². The highest BCUT2D eigenvalue weighted by molar-refractivity contribution is 5.83. The summed E-state index contributed by atoms with van der Waals surface area (Å²) in [7, 11) is 0. The van der Waals surface area contributed by atoms with Gasteiger partial charge in [-0.1, -0.05) is 0 Å². The molecule has 4 nitrogen and oxygen atoms in total. The summed E-state index contributed by atoms with van der Waals surface area (Å²) in [4.78, 5) is 21.4. The molecule has 0 aliphatic carbocycles. The van der Waals surface area contributed by atoms with Gasteiger partial charge in [0.1, 0.15) is 12.0 Å². The molecule has 0 radical (unpaired) electrons. The molecule has 4 heteroatoms. The molecule has 1 aliphatic heterocycles. The van der Waals surface area contributed by atoms with E-state index in [4.69, 9.17) is 4.74 Å². The summed E-state index contributed by atoms with van der Waals surface area (Å²) < 4.78 is 4.76. The lowest BCUT2D eigenvalue weighted by atomic mass is 10.1. The van der Waals surface area contributed by atoms with E-state index in [1.807, 2.05) is 0 Å². The number of rotatable bonds is 2. The number of esters is 1. The minimum Gasteiger partial charge on any atom is -0.465 e. The van der Waals surface area contributed by atoms with E-state index in [0.717, 1.165) is 0 Å². The number of hydrogen-bond acceptors (Lipinski definition) is 4. The van der Waals surface area contributed by atoms with Crippen molar-refractivity contribution in [3.05, 3.63) is 5.57 Å². The summed E-state index contributed by atoms with van der Waals surface area (Å²) in [6.45, 7) is 2.72. The lowest BCUT2D eigenvalue weighted by Gasteiger charge is -2.08. The minimum absolute atomic E-state index is 0.336. The Labute approximate surface area is 70.6 Å². The largest absolute Gasteiger partial charge is 0.465 e. The maximum Gasteiger partial charge on any atom is 0.328 e. The van der Waals surface area contributed by atoms with Gasteiger partial charge in [0.2, 0.25) is 0 Å². The summed E-state index contributed by atoms with van der Waals surface area (Å²) in [6, 6.07) is -0.553. The zero-order chi connectivity index (χ0) is 8.97. The summed E-state index contributed by atoms with van der Waals surface area (Å²) >= 11 is 0. The van der Waals surface area contributed by atoms with Crippen molar-refractivity contribution in [3.63, 3.8) is 0 Å². The molecule has 1 saturated heterocycles. The van der Waals surface area contributed by atoms with Gasteiger partial charge in [-0.15, -0.1) is 0 Å². The Kier molecular flexibility index (Phi) is 3.02. The fourth-order valence-electron chi connectivity index (χ4n) is 1.18. The molecule has 0 aromatic rings. The lowest BCUT2D eigenvalue weighted by Crippen LogP contribution is -2.33. The Hall–Kier alpha value is -1.12. The average Bonchev–Trinajstić information content (AvgIpc) is 2.51. The third-order valence-electron chi connectivity index (χ3n) is 1.74. The quantitative estimate of drug-likeness (QED) is 0.454. The molecule has 0 aromatic heterocycles. The van der Waals surface area contributed by atoms with Gasteiger partial charge in [0.25, 0.3) is 0 Å². The van der Waals surface area contributed by atoms with Crippen LogP contribution in [0, 0.1) is 0 Å². The smallest absolute Gasteiger partial charge is 0.328 e. The van der Waals surface area contributed by atoms with Crippen LogP contribution >= 0.6 is 0 Å². The maximum atomic E-state index is 11.1. The zero-order valence-electron chi connectivity index (χ0n) is 6.92. The van der Waals surface area contributed by atoms with Crippen LogP contribution in [0.2, 0.25) is 0 Å². The van der Waals surface area contributed by atoms with Crippen LogP contribution in [0.5, 0.6) is 0 Å². The van der Waals surface area contributed by atoms with Crippen LogP contribution in [0.15, 0.2) is 5.57 Å². The van der Waals surface area contributed by atoms with Gasteiger partial charge in [0, 0.05) is 12.1 Å². The van der Waals surface area contributed by atoms with E-state index in [-0.39, 0.29) is 5.97 Å². The van der Waals surface area contributed by atoms with Crippen LogP contribution in [0.25, 0.3) is 0 Å². The van der Waals surface area contributed by atoms with Crippen LogP contribution in [-0.4, -0.2) is 31.1 Å². The number of carbonyl (C=O) groups is 1. The van der Waals surface area contributed by atoms with E-state index in [1.165, 1.54) is 0 Å². The number of carbonyl (C=O) groups excluding carboxylic acids is 2. The van der Waals surface area contributed by atoms with E-state index >= 15 is 0 Å². The molecule has 1 fully saturated rings. The normalized spacial score (nSPS) is 22.1. The standard InChI is InChI=1S/C8H11NO3/c1-2-12-8(11)7-6(5-10)3-4-9-7/h7,9H,2-4H2,1H3. The first-order chi connectivity index (χ1) is 5.79. The summed E-state index contributed by atoms with van der Waals surface area (Å²) in [5.74, 6) is 1.38. The summed E-state index contributed by atoms with van der Waals surface area (Å²) in [5.41, 5.74) is 0.466. The molecule has 1 unspecified atom stereocenters. The van der Waals surface area contributed by atoms with Crippen molar-refractivity contribution in [1.29, 1.82) is 0 Å². The van der Waals surface area contributed by atoms with Crippen LogP contribution in [-0.2, 0) is 14.3 Å². The molecular weight excluding hydrogens is 158 g/mol. The van der Waals surface area contributed by atoms with Gasteiger partial charge in [-0.2, -0.15) is 0 Å². The summed E-state index contributed by atoms with van der Waals surface area (Å²) in [5, 5.41) is 2.87. The van der Waals surface area contributed by atoms with E-state index < -0.39 is 6.04 Å². The minimum atomic E-state index is -0.553. The maximum absolute atomic E-state index is 11.1. The van der Waals surface area contributed by atoms with Gasteiger partial charge < -0.3 is 10.1 Å². The van der Waals surface area contributed by atoms with Crippen LogP contribution in [0.4, 0.5) is 0 Å². The second-order valence-electron chi connectivity index (χ2n) is 2.52. The number of hydrogen-bond donors (Lipinski definition) is 1. The molecule has 66 valence electrons. The molecule has 0 spiro atoms. The van der Waals surface area contributed by atoms with Crippen LogP contribution in [0.1, 0.15) is 13.3 Å². The van der Waals surface area contributed by atoms with Crippen molar-refractivity contribution in [2.45, 2.75) is 19.4 Å². The topological polar surface area (TPSA) is 55.4 Å². The molecule has 1 heterocycles. The first kappa shape index (κ1) is 8.97. The molecule has 0 aromatic carbocycles. The lowest BCUT2D eigenvalue weighted by molar-refractivity contribution is -0.144. The van der Waals surface area contributed by atoms with E-state index in [2.05, 4.69) is 5.32 Å². The fourth-order valence-corrected chi connectivity index (χ4v) is 1.18. The van der Waals surface area contributed by atoms with Gasteiger partial charge in [0.15, 0.2) is 0 Å². The summed E-state index contributed by atoms with van der Waals surface area (Å²) in [6.07, 6.45) is 0.590. The Morgan fingerprint density at radius 1 is 1.83 bits per heavy atom. The van der Waals surface area contributed by atoms with Gasteiger partial charge in [-0.3, -0.25) is 0 Å². The average molecular weight is 169 g/mol. The van der Waals surface area contributed by atoms with E-state index in [1.54, 1.807) is 12.9 Å². The molecular formula is C8H11NO3. The van der Waals surface area contributed by atoms with Crippen molar-refractivity contribution in [3.8, 4) is 0 Å². The van der Waals surface area contributed by atoms with Gasteiger partial charge >= 0.3 is 5.97 Å². The van der Waals surface area contributed by atoms with Crippen molar-refractivity contribution in [1.82, 2.24) is 5.32 Å². The second-order valence-corrected chi connectivity index (χ2v) is 2.52. The predicted octanol–water partition coefficient (Wildman–Crippen LogP) is -0.331. The molecule has 12 heavy (non-hydrogen) atoms. The first-order valence-corrected chi connectivity index (χ1v) is 3.93. The molecule has 1 rings (SSSR count). The number of nitrogens with one attached hydrogen (secondary N) is 1. The first-order valence-electron chi connectivity index (χ1n) is 3.93. The Balaban J connectivity index is 2.62. The van der Waals surface area contributed by atoms with Crippen molar-refractivity contribution in [2.24, 2.45) is 0 Å². The van der Waals surface area contributed by atoms with Crippen molar-refractivity contribution >= 4 is 11.9 Å². The highest BCUT2D eigenvalue weighted by Gasteiger charge is 2.29. The third kappa shape index (κ3) is 1.72. The Morgan fingerprint density at radius 3 is 3.17 bits per heavy atom. The van der Waals surface area contributed by atoms with Crippen molar-refractivity contribution < 1.29 is 14.3 Å². The molecule has 1 aliphatic rings. The molecule has 0 amide bonds. The predicted molar refractivity (Wildman–Crippen MR) is 42.2 cm³/mol. The molecule has 0 bridgehead atoms. The van der Waals surface area contributed by atoms with Crippen molar-refractivity contribution in [2.75, 3.05) is 13.2 Å². The van der Waals surface area contributed by atoms with E-state index in [0.29, 0.717) is 25.1 Å².